The van der Waals surface area contributed by atoms with Gasteiger partial charge in [0.2, 0.25) is 5.82 Å². The van der Waals surface area contributed by atoms with Crippen molar-refractivity contribution in [2.45, 2.75) is 6.92 Å². The molecule has 1 aromatic carbocycles. The lowest BCUT2D eigenvalue weighted by Gasteiger charge is -2.09. The van der Waals surface area contributed by atoms with Crippen LogP contribution in [0.4, 0.5) is 15.9 Å². The van der Waals surface area contributed by atoms with Crippen LogP contribution in [0.2, 0.25) is 5.02 Å². The minimum absolute atomic E-state index is 0.0333. The van der Waals surface area contributed by atoms with Gasteiger partial charge in [-0.15, -0.1) is 0 Å². The Kier molecular flexibility index (Phi) is 4.69. The molecule has 0 amide bonds. The Hall–Kier alpha value is -1.80. The molecule has 0 saturated carbocycles. The summed E-state index contributed by atoms with van der Waals surface area (Å²) in [5.74, 6) is -0.749. The minimum atomic E-state index is -0.782. The van der Waals surface area contributed by atoms with E-state index in [1.807, 2.05) is 0 Å². The van der Waals surface area contributed by atoms with Crippen LogP contribution in [-0.2, 0) is 0 Å². The molecule has 6 nitrogen and oxygen atoms in total. The lowest BCUT2D eigenvalue weighted by atomic mass is 10.1. The summed E-state index contributed by atoms with van der Waals surface area (Å²) in [7, 11) is 0. The third kappa shape index (κ3) is 2.96. The average Bonchev–Trinajstić information content (AvgIpc) is 2.45. The van der Waals surface area contributed by atoms with Gasteiger partial charge in [0, 0.05) is 16.6 Å². The van der Waals surface area contributed by atoms with E-state index in [0.29, 0.717) is 11.0 Å². The maximum Gasteiger partial charge on any atom is 0.337 e. The Bertz CT molecular complexity index is 714. The van der Waals surface area contributed by atoms with E-state index in [9.17, 15) is 14.5 Å². The highest BCUT2D eigenvalue weighted by Gasteiger charge is 2.26. The van der Waals surface area contributed by atoms with E-state index in [4.69, 9.17) is 11.6 Å². The fraction of sp³-hybridized carbons (Fsp3) is 0.167. The number of hydrogen-bond acceptors (Lipinski definition) is 5. The summed E-state index contributed by atoms with van der Waals surface area (Å²) in [6.45, 7) is 2.20. The number of aromatic nitrogens is 2. The number of nitro groups is 1. The number of nitrogens with one attached hydrogen (secondary N) is 1. The molecule has 9 heteroatoms. The summed E-state index contributed by atoms with van der Waals surface area (Å²) in [6, 6.07) is 2.87. The highest BCUT2D eigenvalue weighted by atomic mass is 79.9. The van der Waals surface area contributed by atoms with Crippen LogP contribution in [0, 0.1) is 15.9 Å². The molecule has 1 N–H and O–H groups in total. The van der Waals surface area contributed by atoms with E-state index < -0.39 is 16.4 Å². The molecule has 0 aliphatic rings. The Labute approximate surface area is 132 Å². The third-order valence-corrected chi connectivity index (χ3v) is 3.90. The molecule has 0 aliphatic carbocycles. The smallest absolute Gasteiger partial charge is 0.337 e. The number of nitrogens with zero attached hydrogens (tertiary/aromatic N) is 3. The zero-order valence-corrected chi connectivity index (χ0v) is 13.1. The van der Waals surface area contributed by atoms with Crippen LogP contribution in [0.15, 0.2) is 22.9 Å². The Morgan fingerprint density at radius 2 is 2.19 bits per heavy atom. The SMILES string of the molecule is CCNc1ncnc(-c2ccc(Br)c(Cl)c2F)c1[N+](=O)[O-]. The molecular formula is C12H9BrClFN4O2. The van der Waals surface area contributed by atoms with Crippen molar-refractivity contribution in [1.82, 2.24) is 9.97 Å². The second-order valence-corrected chi connectivity index (χ2v) is 5.16. The molecule has 2 aromatic rings. The van der Waals surface area contributed by atoms with Crippen molar-refractivity contribution in [3.63, 3.8) is 0 Å². The topological polar surface area (TPSA) is 81.0 Å². The van der Waals surface area contributed by atoms with Gasteiger partial charge in [-0.25, -0.2) is 14.4 Å². The summed E-state index contributed by atoms with van der Waals surface area (Å²) < 4.78 is 14.6. The van der Waals surface area contributed by atoms with Gasteiger partial charge in [-0.3, -0.25) is 10.1 Å². The Morgan fingerprint density at radius 3 is 2.81 bits per heavy atom. The highest BCUT2D eigenvalue weighted by Crippen LogP contribution is 2.38. The molecule has 0 unspecified atom stereocenters. The fourth-order valence-corrected chi connectivity index (χ4v) is 2.23. The van der Waals surface area contributed by atoms with Gasteiger partial charge in [-0.2, -0.15) is 0 Å². The fourth-order valence-electron chi connectivity index (χ4n) is 1.75. The van der Waals surface area contributed by atoms with Crippen LogP contribution in [0.3, 0.4) is 0 Å². The molecule has 2 rings (SSSR count). The molecular weight excluding hydrogens is 367 g/mol. The van der Waals surface area contributed by atoms with Crippen LogP contribution in [-0.4, -0.2) is 21.4 Å². The second kappa shape index (κ2) is 6.31. The quantitative estimate of drug-likeness (QED) is 0.495. The van der Waals surface area contributed by atoms with Crippen molar-refractivity contribution in [3.05, 3.63) is 43.9 Å². The summed E-state index contributed by atoms with van der Waals surface area (Å²) in [6.07, 6.45) is 1.13. The van der Waals surface area contributed by atoms with E-state index in [-0.39, 0.29) is 22.1 Å². The first kappa shape index (κ1) is 15.6. The molecule has 0 spiro atoms. The lowest BCUT2D eigenvalue weighted by molar-refractivity contribution is -0.383. The molecule has 0 atom stereocenters. The van der Waals surface area contributed by atoms with Crippen molar-refractivity contribution in [1.29, 1.82) is 0 Å². The number of rotatable bonds is 4. The number of benzene rings is 1. The third-order valence-electron chi connectivity index (χ3n) is 2.64. The molecule has 110 valence electrons. The van der Waals surface area contributed by atoms with E-state index >= 15 is 0 Å². The Morgan fingerprint density at radius 1 is 1.48 bits per heavy atom. The summed E-state index contributed by atoms with van der Waals surface area (Å²) in [4.78, 5) is 18.3. The first-order chi connectivity index (χ1) is 9.97. The zero-order valence-electron chi connectivity index (χ0n) is 10.7. The molecule has 0 saturated heterocycles. The van der Waals surface area contributed by atoms with Gasteiger partial charge >= 0.3 is 5.69 Å². The number of hydrogen-bond donors (Lipinski definition) is 1. The van der Waals surface area contributed by atoms with Crippen LogP contribution < -0.4 is 5.32 Å². The molecule has 0 aliphatic heterocycles. The van der Waals surface area contributed by atoms with Gasteiger partial charge in [-0.1, -0.05) is 11.6 Å². The highest BCUT2D eigenvalue weighted by molar-refractivity contribution is 9.10. The van der Waals surface area contributed by atoms with E-state index in [1.54, 1.807) is 6.92 Å². The van der Waals surface area contributed by atoms with Gasteiger partial charge in [0.1, 0.15) is 6.33 Å². The molecule has 0 bridgehead atoms. The molecule has 1 aromatic heterocycles. The average molecular weight is 376 g/mol. The van der Waals surface area contributed by atoms with Crippen LogP contribution >= 0.6 is 27.5 Å². The van der Waals surface area contributed by atoms with Crippen molar-refractivity contribution >= 4 is 39.0 Å². The zero-order chi connectivity index (χ0) is 15.6. The minimum Gasteiger partial charge on any atom is -0.365 e. The van der Waals surface area contributed by atoms with E-state index in [2.05, 4.69) is 31.2 Å². The largest absolute Gasteiger partial charge is 0.365 e. The summed E-state index contributed by atoms with van der Waals surface area (Å²) in [5.41, 5.74) is -0.578. The predicted molar refractivity (Wildman–Crippen MR) is 81.0 cm³/mol. The predicted octanol–water partition coefficient (Wildman–Crippen LogP) is 4.04. The van der Waals surface area contributed by atoms with Gasteiger partial charge in [0.25, 0.3) is 0 Å². The van der Waals surface area contributed by atoms with Crippen LogP contribution in [0.1, 0.15) is 6.92 Å². The van der Waals surface area contributed by atoms with Gasteiger partial charge < -0.3 is 5.32 Å². The Balaban J connectivity index is 2.72. The van der Waals surface area contributed by atoms with Crippen LogP contribution in [0.25, 0.3) is 11.3 Å². The van der Waals surface area contributed by atoms with E-state index in [1.165, 1.54) is 12.1 Å². The van der Waals surface area contributed by atoms with Gasteiger partial charge in [0.15, 0.2) is 11.5 Å². The maximum atomic E-state index is 14.2. The standard InChI is InChI=1S/C12H9BrClFN4O2/c1-2-16-12-11(19(20)21)10(17-5-18-12)6-3-4-7(13)8(14)9(6)15/h3-5H,2H2,1H3,(H,16,17,18). The van der Waals surface area contributed by atoms with Gasteiger partial charge in [0.05, 0.1) is 9.95 Å². The second-order valence-electron chi connectivity index (χ2n) is 3.93. The van der Waals surface area contributed by atoms with E-state index in [0.717, 1.165) is 6.33 Å². The molecule has 0 radical (unpaired) electrons. The lowest BCUT2D eigenvalue weighted by Crippen LogP contribution is -2.06. The van der Waals surface area contributed by atoms with Crippen molar-refractivity contribution < 1.29 is 9.31 Å². The van der Waals surface area contributed by atoms with Crippen LogP contribution in [0.5, 0.6) is 0 Å². The normalized spacial score (nSPS) is 10.5. The first-order valence-electron chi connectivity index (χ1n) is 5.84. The number of anilines is 1. The first-order valence-corrected chi connectivity index (χ1v) is 7.01. The summed E-state index contributed by atoms with van der Waals surface area (Å²) >= 11 is 8.90. The molecule has 1 heterocycles. The van der Waals surface area contributed by atoms with Gasteiger partial charge in [-0.05, 0) is 35.0 Å². The number of halogens is 3. The van der Waals surface area contributed by atoms with Crippen molar-refractivity contribution in [2.24, 2.45) is 0 Å². The molecule has 0 fully saturated rings. The molecule has 21 heavy (non-hydrogen) atoms. The monoisotopic (exact) mass is 374 g/mol. The maximum absolute atomic E-state index is 14.2. The summed E-state index contributed by atoms with van der Waals surface area (Å²) in [5, 5.41) is 13.9. The van der Waals surface area contributed by atoms with Crippen molar-refractivity contribution in [2.75, 3.05) is 11.9 Å². The van der Waals surface area contributed by atoms with Crippen molar-refractivity contribution in [3.8, 4) is 11.3 Å².